The summed E-state index contributed by atoms with van der Waals surface area (Å²) < 4.78 is 1.94. The molecule has 0 aliphatic rings. The molecule has 2 aromatic heterocycles. The molecule has 0 unspecified atom stereocenters. The molecule has 2 aromatic carbocycles. The fraction of sp³-hybridized carbons (Fsp3) is 0.0909. The lowest BCUT2D eigenvalue weighted by Gasteiger charge is -2.22. The number of aryl methyl sites for hydroxylation is 1. The summed E-state index contributed by atoms with van der Waals surface area (Å²) in [5, 5.41) is 0. The number of imidazole rings is 1. The van der Waals surface area contributed by atoms with Crippen LogP contribution in [0, 0.1) is 6.92 Å². The highest BCUT2D eigenvalue weighted by molar-refractivity contribution is 6.09. The van der Waals surface area contributed by atoms with Gasteiger partial charge in [0.1, 0.15) is 5.82 Å². The number of rotatable bonds is 4. The average Bonchev–Trinajstić information content (AvgIpc) is 3.04. The fourth-order valence-electron chi connectivity index (χ4n) is 3.13. The number of benzene rings is 2. The Bertz CT molecular complexity index is 1040. The van der Waals surface area contributed by atoms with E-state index in [0.717, 1.165) is 22.6 Å². The minimum absolute atomic E-state index is 0.100. The van der Waals surface area contributed by atoms with Crippen LogP contribution in [0.25, 0.3) is 5.52 Å². The van der Waals surface area contributed by atoms with Gasteiger partial charge in [-0.2, -0.15) is 0 Å². The van der Waals surface area contributed by atoms with Gasteiger partial charge in [0.15, 0.2) is 5.69 Å². The summed E-state index contributed by atoms with van der Waals surface area (Å²) in [7, 11) is 0. The highest BCUT2D eigenvalue weighted by Crippen LogP contribution is 2.22. The molecule has 0 radical (unpaired) electrons. The second kappa shape index (κ2) is 6.84. The second-order valence-electron chi connectivity index (χ2n) is 6.18. The van der Waals surface area contributed by atoms with E-state index in [1.807, 2.05) is 96.4 Å². The van der Waals surface area contributed by atoms with E-state index in [4.69, 9.17) is 0 Å². The van der Waals surface area contributed by atoms with E-state index in [1.54, 1.807) is 4.90 Å². The maximum atomic E-state index is 13.4. The summed E-state index contributed by atoms with van der Waals surface area (Å²) >= 11 is 0. The lowest BCUT2D eigenvalue weighted by molar-refractivity contribution is 0.0982. The summed E-state index contributed by atoms with van der Waals surface area (Å²) in [6.07, 6.45) is 1.93. The van der Waals surface area contributed by atoms with Gasteiger partial charge >= 0.3 is 0 Å². The van der Waals surface area contributed by atoms with Gasteiger partial charge in [-0.3, -0.25) is 4.79 Å². The molecule has 1 amide bonds. The molecular formula is C22H19N3O. The van der Waals surface area contributed by atoms with Crippen LogP contribution in [0.15, 0.2) is 85.1 Å². The molecule has 4 heteroatoms. The highest BCUT2D eigenvalue weighted by atomic mass is 16.2. The van der Waals surface area contributed by atoms with Crippen molar-refractivity contribution in [1.82, 2.24) is 9.38 Å². The van der Waals surface area contributed by atoms with Gasteiger partial charge in [0, 0.05) is 11.9 Å². The number of carbonyl (C=O) groups excluding carboxylic acids is 1. The monoisotopic (exact) mass is 341 g/mol. The average molecular weight is 341 g/mol. The fourth-order valence-corrected chi connectivity index (χ4v) is 3.13. The second-order valence-corrected chi connectivity index (χ2v) is 6.18. The predicted molar refractivity (Wildman–Crippen MR) is 103 cm³/mol. The Morgan fingerprint density at radius 2 is 1.58 bits per heavy atom. The zero-order valence-corrected chi connectivity index (χ0v) is 14.5. The Balaban J connectivity index is 1.79. The first-order valence-corrected chi connectivity index (χ1v) is 8.58. The van der Waals surface area contributed by atoms with Crippen molar-refractivity contribution in [2.45, 2.75) is 13.5 Å². The summed E-state index contributed by atoms with van der Waals surface area (Å²) in [6, 6.07) is 25.5. The summed E-state index contributed by atoms with van der Waals surface area (Å²) in [4.78, 5) is 19.8. The Labute approximate surface area is 152 Å². The Hall–Kier alpha value is -3.40. The van der Waals surface area contributed by atoms with Crippen LogP contribution in [0.4, 0.5) is 5.69 Å². The number of nitrogens with zero attached hydrogens (tertiary/aromatic N) is 3. The van der Waals surface area contributed by atoms with E-state index in [0.29, 0.717) is 12.2 Å². The van der Waals surface area contributed by atoms with Crippen LogP contribution in [-0.2, 0) is 6.54 Å². The number of pyridine rings is 1. The quantitative estimate of drug-likeness (QED) is 0.548. The first kappa shape index (κ1) is 16.1. The number of fused-ring (bicyclic) bond motifs is 1. The molecule has 0 aliphatic heterocycles. The van der Waals surface area contributed by atoms with E-state index in [2.05, 4.69) is 4.98 Å². The van der Waals surface area contributed by atoms with Crippen LogP contribution in [-0.4, -0.2) is 15.3 Å². The van der Waals surface area contributed by atoms with Crippen LogP contribution < -0.4 is 4.90 Å². The third kappa shape index (κ3) is 2.97. The smallest absolute Gasteiger partial charge is 0.279 e. The summed E-state index contributed by atoms with van der Waals surface area (Å²) in [6.45, 7) is 2.41. The Morgan fingerprint density at radius 1 is 0.923 bits per heavy atom. The summed E-state index contributed by atoms with van der Waals surface area (Å²) in [5.74, 6) is 0.702. The molecule has 0 fully saturated rings. The van der Waals surface area contributed by atoms with Crippen molar-refractivity contribution in [2.24, 2.45) is 0 Å². The van der Waals surface area contributed by atoms with Crippen molar-refractivity contribution in [3.8, 4) is 0 Å². The SMILES string of the molecule is Cc1nc(C(=O)N(Cc2ccccc2)c2ccccc2)c2ccccn12. The first-order valence-electron chi connectivity index (χ1n) is 8.58. The Kier molecular flexibility index (Phi) is 4.23. The van der Waals surface area contributed by atoms with Gasteiger partial charge in [-0.1, -0.05) is 54.6 Å². The van der Waals surface area contributed by atoms with Crippen LogP contribution in [0.2, 0.25) is 0 Å². The molecule has 0 atom stereocenters. The van der Waals surface area contributed by atoms with E-state index >= 15 is 0 Å². The van der Waals surface area contributed by atoms with Gasteiger partial charge in [-0.15, -0.1) is 0 Å². The lowest BCUT2D eigenvalue weighted by Crippen LogP contribution is -2.30. The van der Waals surface area contributed by atoms with Gasteiger partial charge in [-0.25, -0.2) is 4.98 Å². The van der Waals surface area contributed by atoms with Crippen molar-refractivity contribution in [1.29, 1.82) is 0 Å². The van der Waals surface area contributed by atoms with Crippen molar-refractivity contribution < 1.29 is 4.79 Å². The molecule has 0 saturated heterocycles. The van der Waals surface area contributed by atoms with Crippen molar-refractivity contribution in [3.05, 3.63) is 102 Å². The third-order valence-corrected chi connectivity index (χ3v) is 4.42. The van der Waals surface area contributed by atoms with Crippen LogP contribution in [0.3, 0.4) is 0 Å². The first-order chi connectivity index (χ1) is 12.7. The summed E-state index contributed by atoms with van der Waals surface area (Å²) in [5.41, 5.74) is 3.23. The minimum Gasteiger partial charge on any atom is -0.303 e. The zero-order chi connectivity index (χ0) is 17.9. The minimum atomic E-state index is -0.100. The Morgan fingerprint density at radius 3 is 2.31 bits per heavy atom. The van der Waals surface area contributed by atoms with E-state index < -0.39 is 0 Å². The maximum Gasteiger partial charge on any atom is 0.279 e. The van der Waals surface area contributed by atoms with Gasteiger partial charge in [0.25, 0.3) is 5.91 Å². The normalized spacial score (nSPS) is 10.8. The van der Waals surface area contributed by atoms with E-state index in [-0.39, 0.29) is 5.91 Å². The van der Waals surface area contributed by atoms with Gasteiger partial charge in [-0.05, 0) is 36.8 Å². The van der Waals surface area contributed by atoms with Crippen LogP contribution >= 0.6 is 0 Å². The molecule has 4 nitrogen and oxygen atoms in total. The van der Waals surface area contributed by atoms with Crippen molar-refractivity contribution in [2.75, 3.05) is 4.90 Å². The molecule has 128 valence electrons. The standard InChI is InChI=1S/C22H19N3O/c1-17-23-21(20-14-8-9-15-24(17)20)22(26)25(19-12-6-3-7-13-19)16-18-10-4-2-5-11-18/h2-15H,16H2,1H3. The number of anilines is 1. The predicted octanol–water partition coefficient (Wildman–Crippen LogP) is 4.49. The van der Waals surface area contributed by atoms with E-state index in [9.17, 15) is 4.79 Å². The van der Waals surface area contributed by atoms with Crippen LogP contribution in [0.5, 0.6) is 0 Å². The van der Waals surface area contributed by atoms with Crippen LogP contribution in [0.1, 0.15) is 21.9 Å². The maximum absolute atomic E-state index is 13.4. The molecule has 4 aromatic rings. The number of carbonyl (C=O) groups is 1. The molecule has 0 spiro atoms. The molecule has 26 heavy (non-hydrogen) atoms. The molecule has 0 bridgehead atoms. The topological polar surface area (TPSA) is 37.6 Å². The van der Waals surface area contributed by atoms with Gasteiger partial charge in [0.2, 0.25) is 0 Å². The molecule has 0 saturated carbocycles. The molecule has 0 aliphatic carbocycles. The third-order valence-electron chi connectivity index (χ3n) is 4.42. The van der Waals surface area contributed by atoms with Gasteiger partial charge < -0.3 is 9.30 Å². The number of hydrogen-bond acceptors (Lipinski definition) is 2. The molecule has 0 N–H and O–H groups in total. The number of hydrogen-bond donors (Lipinski definition) is 0. The number of para-hydroxylation sites is 1. The largest absolute Gasteiger partial charge is 0.303 e. The number of aromatic nitrogens is 2. The highest BCUT2D eigenvalue weighted by Gasteiger charge is 2.23. The molecular weight excluding hydrogens is 322 g/mol. The van der Waals surface area contributed by atoms with Gasteiger partial charge in [0.05, 0.1) is 12.1 Å². The lowest BCUT2D eigenvalue weighted by atomic mass is 10.1. The zero-order valence-electron chi connectivity index (χ0n) is 14.5. The van der Waals surface area contributed by atoms with E-state index in [1.165, 1.54) is 0 Å². The van der Waals surface area contributed by atoms with Crippen molar-refractivity contribution >= 4 is 17.1 Å². The molecule has 4 rings (SSSR count). The van der Waals surface area contributed by atoms with Crippen molar-refractivity contribution in [3.63, 3.8) is 0 Å². The molecule has 2 heterocycles. The number of amides is 1.